The number of aromatic hydroxyl groups is 1. The summed E-state index contributed by atoms with van der Waals surface area (Å²) in [7, 11) is 0. The van der Waals surface area contributed by atoms with Crippen LogP contribution in [0, 0.1) is 13.8 Å². The lowest BCUT2D eigenvalue weighted by Crippen LogP contribution is -2.22. The maximum atomic E-state index is 12.0. The molecule has 0 unspecified atom stereocenters. The fraction of sp³-hybridized carbons (Fsp3) is 0.235. The van der Waals surface area contributed by atoms with E-state index in [2.05, 4.69) is 0 Å². The zero-order valence-electron chi connectivity index (χ0n) is 13.6. The van der Waals surface area contributed by atoms with Gasteiger partial charge < -0.3 is 14.3 Å². The number of carbonyl (C=O) groups excluding carboxylic acids is 1. The van der Waals surface area contributed by atoms with Crippen LogP contribution < -0.4 is 10.5 Å². The van der Waals surface area contributed by atoms with Gasteiger partial charge in [0.2, 0.25) is 0 Å². The summed E-state index contributed by atoms with van der Waals surface area (Å²) in [5.41, 5.74) is 1.24. The molecule has 3 aromatic rings. The van der Waals surface area contributed by atoms with E-state index in [1.807, 2.05) is 0 Å². The molecule has 0 saturated heterocycles. The zero-order valence-corrected chi connectivity index (χ0v) is 14.4. The lowest BCUT2D eigenvalue weighted by Gasteiger charge is -2.09. The summed E-state index contributed by atoms with van der Waals surface area (Å²) in [4.78, 5) is 35.1. The number of aryl methyl sites for hydroxylation is 2. The number of nitrogens with zero attached hydrogens (tertiary/aromatic N) is 1. The zero-order chi connectivity index (χ0) is 18.1. The lowest BCUT2D eigenvalue weighted by atomic mass is 10.1. The minimum Gasteiger partial charge on any atom is -0.508 e. The average molecular weight is 361 g/mol. The van der Waals surface area contributed by atoms with Crippen molar-refractivity contribution in [2.45, 2.75) is 27.0 Å². The van der Waals surface area contributed by atoms with Crippen molar-refractivity contribution in [3.63, 3.8) is 0 Å². The standard InChI is InChI=1S/C17H15NO6S/c1-9-8-25-17(22)18(9)6-15(21)23-7-11-5-14(20)24-16-10(2)13(19)4-3-12(11)16/h3-5,8,19H,6-7H2,1-2H3. The fourth-order valence-corrected chi connectivity index (χ4v) is 3.20. The molecular weight excluding hydrogens is 346 g/mol. The first-order valence-corrected chi connectivity index (χ1v) is 8.30. The summed E-state index contributed by atoms with van der Waals surface area (Å²) in [6, 6.07) is 4.32. The number of thiazole rings is 1. The predicted molar refractivity (Wildman–Crippen MR) is 92.0 cm³/mol. The van der Waals surface area contributed by atoms with Crippen LogP contribution in [0.15, 0.2) is 37.6 Å². The highest BCUT2D eigenvalue weighted by atomic mass is 32.1. The Hall–Kier alpha value is -2.87. The van der Waals surface area contributed by atoms with Crippen molar-refractivity contribution in [2.24, 2.45) is 0 Å². The van der Waals surface area contributed by atoms with Gasteiger partial charge in [-0.2, -0.15) is 0 Å². The Kier molecular flexibility index (Phi) is 4.45. The molecule has 1 N–H and O–H groups in total. The quantitative estimate of drug-likeness (QED) is 0.564. The van der Waals surface area contributed by atoms with E-state index in [4.69, 9.17) is 9.15 Å². The Labute approximate surface area is 145 Å². The first-order chi connectivity index (χ1) is 11.9. The number of fused-ring (bicyclic) bond motifs is 1. The van der Waals surface area contributed by atoms with Gasteiger partial charge in [-0.3, -0.25) is 14.2 Å². The van der Waals surface area contributed by atoms with Crippen LogP contribution in [0.1, 0.15) is 16.8 Å². The molecular formula is C17H15NO6S. The monoisotopic (exact) mass is 361 g/mol. The molecule has 0 aliphatic rings. The number of hydrogen-bond donors (Lipinski definition) is 1. The minimum atomic E-state index is -0.600. The Bertz CT molecular complexity index is 1070. The largest absolute Gasteiger partial charge is 0.508 e. The summed E-state index contributed by atoms with van der Waals surface area (Å²) in [5, 5.41) is 12.0. The average Bonchev–Trinajstić information content (AvgIpc) is 2.88. The molecule has 2 heterocycles. The number of benzene rings is 1. The number of aromatic nitrogens is 1. The van der Waals surface area contributed by atoms with Gasteiger partial charge in [0.1, 0.15) is 24.5 Å². The number of ether oxygens (including phenoxy) is 1. The number of phenols is 1. The number of esters is 1. The molecule has 1 aromatic carbocycles. The second kappa shape index (κ2) is 6.56. The van der Waals surface area contributed by atoms with Crippen molar-refractivity contribution < 1.29 is 19.1 Å². The molecule has 0 fully saturated rings. The van der Waals surface area contributed by atoms with E-state index in [9.17, 15) is 19.5 Å². The second-order valence-electron chi connectivity index (χ2n) is 5.57. The third kappa shape index (κ3) is 3.34. The van der Waals surface area contributed by atoms with E-state index in [0.29, 0.717) is 22.2 Å². The van der Waals surface area contributed by atoms with Crippen LogP contribution in [0.2, 0.25) is 0 Å². The normalized spacial score (nSPS) is 11.0. The van der Waals surface area contributed by atoms with Gasteiger partial charge in [-0.05, 0) is 26.0 Å². The molecule has 3 rings (SSSR count). The highest BCUT2D eigenvalue weighted by Gasteiger charge is 2.14. The molecule has 0 spiro atoms. The van der Waals surface area contributed by atoms with Crippen molar-refractivity contribution >= 4 is 28.3 Å². The smallest absolute Gasteiger partial charge is 0.336 e. The third-order valence-electron chi connectivity index (χ3n) is 3.87. The Balaban J connectivity index is 1.84. The van der Waals surface area contributed by atoms with E-state index >= 15 is 0 Å². The van der Waals surface area contributed by atoms with E-state index in [0.717, 1.165) is 11.3 Å². The first kappa shape index (κ1) is 17.0. The maximum Gasteiger partial charge on any atom is 0.336 e. The summed E-state index contributed by atoms with van der Waals surface area (Å²) in [6.07, 6.45) is 0. The Morgan fingerprint density at radius 3 is 2.76 bits per heavy atom. The van der Waals surface area contributed by atoms with Gasteiger partial charge in [-0.15, -0.1) is 0 Å². The molecule has 0 atom stereocenters. The summed E-state index contributed by atoms with van der Waals surface area (Å²) in [6.45, 7) is 3.04. The van der Waals surface area contributed by atoms with E-state index in [1.165, 1.54) is 16.7 Å². The van der Waals surface area contributed by atoms with Gasteiger partial charge >= 0.3 is 16.5 Å². The molecule has 0 radical (unpaired) electrons. The van der Waals surface area contributed by atoms with Gasteiger partial charge in [0.15, 0.2) is 0 Å². The van der Waals surface area contributed by atoms with Crippen molar-refractivity contribution in [2.75, 3.05) is 0 Å². The molecule has 0 saturated carbocycles. The first-order valence-electron chi connectivity index (χ1n) is 7.42. The summed E-state index contributed by atoms with van der Waals surface area (Å²) >= 11 is 1.02. The van der Waals surface area contributed by atoms with Crippen molar-refractivity contribution in [1.29, 1.82) is 0 Å². The minimum absolute atomic E-state index is 0.0112. The topological polar surface area (TPSA) is 98.7 Å². The predicted octanol–water partition coefficient (Wildman–Crippen LogP) is 2.08. The van der Waals surface area contributed by atoms with E-state index in [1.54, 1.807) is 25.3 Å². The van der Waals surface area contributed by atoms with Crippen LogP contribution in [0.25, 0.3) is 11.0 Å². The molecule has 2 aromatic heterocycles. The number of carbonyl (C=O) groups is 1. The van der Waals surface area contributed by atoms with Gasteiger partial charge in [0, 0.05) is 33.7 Å². The van der Waals surface area contributed by atoms with Gasteiger partial charge in [0.05, 0.1) is 0 Å². The summed E-state index contributed by atoms with van der Waals surface area (Å²) in [5.74, 6) is -0.572. The van der Waals surface area contributed by atoms with Gasteiger partial charge in [0.25, 0.3) is 0 Å². The molecule has 0 aliphatic carbocycles. The van der Waals surface area contributed by atoms with Crippen LogP contribution in [-0.4, -0.2) is 15.6 Å². The Morgan fingerprint density at radius 1 is 1.32 bits per heavy atom. The molecule has 0 bridgehead atoms. The van der Waals surface area contributed by atoms with Crippen LogP contribution in [-0.2, 0) is 22.7 Å². The van der Waals surface area contributed by atoms with Crippen LogP contribution in [0.4, 0.5) is 0 Å². The number of phenolic OH excluding ortho intramolecular Hbond substituents is 1. The summed E-state index contributed by atoms with van der Waals surface area (Å²) < 4.78 is 11.7. The molecule has 25 heavy (non-hydrogen) atoms. The fourth-order valence-electron chi connectivity index (χ4n) is 2.46. The van der Waals surface area contributed by atoms with Crippen molar-refractivity contribution in [3.05, 3.63) is 60.5 Å². The Morgan fingerprint density at radius 2 is 2.08 bits per heavy atom. The van der Waals surface area contributed by atoms with E-state index < -0.39 is 11.6 Å². The highest BCUT2D eigenvalue weighted by Crippen LogP contribution is 2.27. The van der Waals surface area contributed by atoms with Crippen LogP contribution >= 0.6 is 11.3 Å². The number of rotatable bonds is 4. The molecule has 8 heteroatoms. The molecule has 0 aliphatic heterocycles. The maximum absolute atomic E-state index is 12.0. The lowest BCUT2D eigenvalue weighted by molar-refractivity contribution is -0.145. The highest BCUT2D eigenvalue weighted by molar-refractivity contribution is 7.07. The van der Waals surface area contributed by atoms with Gasteiger partial charge in [-0.1, -0.05) is 11.3 Å². The molecule has 0 amide bonds. The SMILES string of the molecule is Cc1c(O)ccc2c(COC(=O)Cn3c(C)csc3=O)cc(=O)oc12. The van der Waals surface area contributed by atoms with E-state index in [-0.39, 0.29) is 29.4 Å². The third-order valence-corrected chi connectivity index (χ3v) is 4.75. The van der Waals surface area contributed by atoms with Gasteiger partial charge in [-0.25, -0.2) is 4.79 Å². The molecule has 130 valence electrons. The second-order valence-corrected chi connectivity index (χ2v) is 6.39. The van der Waals surface area contributed by atoms with Crippen molar-refractivity contribution in [1.82, 2.24) is 4.57 Å². The molecule has 7 nitrogen and oxygen atoms in total. The number of hydrogen-bond acceptors (Lipinski definition) is 7. The van der Waals surface area contributed by atoms with Crippen molar-refractivity contribution in [3.8, 4) is 5.75 Å². The van der Waals surface area contributed by atoms with Crippen LogP contribution in [0.5, 0.6) is 5.75 Å². The van der Waals surface area contributed by atoms with Crippen LogP contribution in [0.3, 0.4) is 0 Å².